The number of thioether (sulfide) groups is 1. The molecular formula is C11H22N2S. The summed E-state index contributed by atoms with van der Waals surface area (Å²) in [5, 5.41) is 7.15. The van der Waals surface area contributed by atoms with Gasteiger partial charge >= 0.3 is 0 Å². The van der Waals surface area contributed by atoms with Crippen molar-refractivity contribution in [3.8, 4) is 0 Å². The van der Waals surface area contributed by atoms with Gasteiger partial charge in [-0.2, -0.15) is 11.8 Å². The van der Waals surface area contributed by atoms with Gasteiger partial charge in [0.2, 0.25) is 0 Å². The second kappa shape index (κ2) is 4.42. The van der Waals surface area contributed by atoms with Gasteiger partial charge in [0, 0.05) is 30.6 Å². The van der Waals surface area contributed by atoms with E-state index in [0.29, 0.717) is 11.5 Å². The molecule has 82 valence electrons. The maximum atomic E-state index is 3.60. The van der Waals surface area contributed by atoms with Crippen LogP contribution in [0.15, 0.2) is 0 Å². The Labute approximate surface area is 91.6 Å². The normalized spacial score (nSPS) is 35.6. The maximum Gasteiger partial charge on any atom is 0.0283 e. The lowest BCUT2D eigenvalue weighted by molar-refractivity contribution is 0.475. The zero-order valence-electron chi connectivity index (χ0n) is 9.31. The van der Waals surface area contributed by atoms with Gasteiger partial charge in [-0.1, -0.05) is 13.8 Å². The standard InChI is InChI=1S/C11H22N2S/c1-11(2)5-9(11)6-12-7-10-8-14-4-3-13-10/h9-10,12-13H,3-8H2,1-2H3. The molecule has 0 aromatic heterocycles. The Morgan fingerprint density at radius 2 is 2.21 bits per heavy atom. The molecule has 1 heterocycles. The Bertz CT molecular complexity index is 188. The second-order valence-corrected chi connectivity index (χ2v) is 6.42. The summed E-state index contributed by atoms with van der Waals surface area (Å²) in [5.74, 6) is 3.49. The third kappa shape index (κ3) is 2.88. The lowest BCUT2D eigenvalue weighted by Gasteiger charge is -2.23. The number of hydrogen-bond acceptors (Lipinski definition) is 3. The summed E-state index contributed by atoms with van der Waals surface area (Å²) in [6, 6.07) is 0.704. The highest BCUT2D eigenvalue weighted by molar-refractivity contribution is 7.99. The molecule has 1 saturated carbocycles. The van der Waals surface area contributed by atoms with E-state index in [1.807, 2.05) is 0 Å². The highest BCUT2D eigenvalue weighted by Gasteiger charge is 2.44. The van der Waals surface area contributed by atoms with Gasteiger partial charge in [0.25, 0.3) is 0 Å². The zero-order chi connectivity index (χ0) is 10.0. The quantitative estimate of drug-likeness (QED) is 0.738. The average molecular weight is 214 g/mol. The molecule has 2 atom stereocenters. The van der Waals surface area contributed by atoms with E-state index in [4.69, 9.17) is 0 Å². The van der Waals surface area contributed by atoms with Crippen LogP contribution < -0.4 is 10.6 Å². The number of nitrogens with one attached hydrogen (secondary N) is 2. The molecule has 14 heavy (non-hydrogen) atoms. The van der Waals surface area contributed by atoms with Crippen molar-refractivity contribution >= 4 is 11.8 Å². The van der Waals surface area contributed by atoms with E-state index < -0.39 is 0 Å². The van der Waals surface area contributed by atoms with Gasteiger partial charge in [-0.05, 0) is 24.3 Å². The average Bonchev–Trinajstić information content (AvgIpc) is 2.76. The summed E-state index contributed by atoms with van der Waals surface area (Å²) in [5.41, 5.74) is 0.627. The molecule has 3 heteroatoms. The van der Waals surface area contributed by atoms with Gasteiger partial charge in [-0.25, -0.2) is 0 Å². The molecule has 0 spiro atoms. The van der Waals surface area contributed by atoms with E-state index in [1.165, 1.54) is 31.0 Å². The SMILES string of the molecule is CC1(C)CC1CNCC1CSCCN1. The van der Waals surface area contributed by atoms with Crippen molar-refractivity contribution in [3.05, 3.63) is 0 Å². The molecule has 0 radical (unpaired) electrons. The molecule has 2 aliphatic rings. The molecule has 2 nitrogen and oxygen atoms in total. The van der Waals surface area contributed by atoms with Crippen LogP contribution in [0, 0.1) is 11.3 Å². The van der Waals surface area contributed by atoms with Crippen molar-refractivity contribution in [2.45, 2.75) is 26.3 Å². The van der Waals surface area contributed by atoms with E-state index in [0.717, 1.165) is 12.5 Å². The van der Waals surface area contributed by atoms with Gasteiger partial charge in [0.05, 0.1) is 0 Å². The highest BCUT2D eigenvalue weighted by Crippen LogP contribution is 2.50. The Morgan fingerprint density at radius 1 is 1.43 bits per heavy atom. The van der Waals surface area contributed by atoms with Crippen LogP contribution in [0.2, 0.25) is 0 Å². The zero-order valence-corrected chi connectivity index (χ0v) is 10.1. The molecule has 0 aromatic rings. The number of rotatable bonds is 4. The Morgan fingerprint density at radius 3 is 2.79 bits per heavy atom. The van der Waals surface area contributed by atoms with Crippen molar-refractivity contribution < 1.29 is 0 Å². The lowest BCUT2D eigenvalue weighted by Crippen LogP contribution is -2.44. The van der Waals surface area contributed by atoms with Crippen LogP contribution in [-0.2, 0) is 0 Å². The molecule has 1 saturated heterocycles. The van der Waals surface area contributed by atoms with Crippen LogP contribution in [0.4, 0.5) is 0 Å². The van der Waals surface area contributed by atoms with Crippen molar-refractivity contribution in [1.82, 2.24) is 10.6 Å². The van der Waals surface area contributed by atoms with Crippen LogP contribution in [-0.4, -0.2) is 37.2 Å². The third-order valence-electron chi connectivity index (χ3n) is 3.50. The predicted octanol–water partition coefficient (Wildman–Crippen LogP) is 1.33. The van der Waals surface area contributed by atoms with E-state index in [2.05, 4.69) is 36.2 Å². The van der Waals surface area contributed by atoms with Gasteiger partial charge in [-0.3, -0.25) is 0 Å². The predicted molar refractivity (Wildman–Crippen MR) is 63.9 cm³/mol. The molecule has 0 bridgehead atoms. The first-order valence-electron chi connectivity index (χ1n) is 5.70. The summed E-state index contributed by atoms with van der Waals surface area (Å²) >= 11 is 2.07. The first-order chi connectivity index (χ1) is 6.68. The summed E-state index contributed by atoms with van der Waals surface area (Å²) in [6.07, 6.45) is 1.41. The lowest BCUT2D eigenvalue weighted by atomic mass is 10.1. The van der Waals surface area contributed by atoms with Crippen LogP contribution in [0.25, 0.3) is 0 Å². The molecule has 2 rings (SSSR count). The minimum atomic E-state index is 0.627. The fourth-order valence-corrected chi connectivity index (χ4v) is 3.06. The smallest absolute Gasteiger partial charge is 0.0283 e. The largest absolute Gasteiger partial charge is 0.315 e. The monoisotopic (exact) mass is 214 g/mol. The molecule has 1 aliphatic heterocycles. The summed E-state index contributed by atoms with van der Waals surface area (Å²) in [6.45, 7) is 8.30. The first kappa shape index (κ1) is 10.8. The Balaban J connectivity index is 1.54. The maximum absolute atomic E-state index is 3.60. The van der Waals surface area contributed by atoms with Crippen molar-refractivity contribution in [1.29, 1.82) is 0 Å². The van der Waals surface area contributed by atoms with Crippen molar-refractivity contribution in [2.24, 2.45) is 11.3 Å². The van der Waals surface area contributed by atoms with Crippen molar-refractivity contribution in [2.75, 3.05) is 31.1 Å². The van der Waals surface area contributed by atoms with Crippen molar-refractivity contribution in [3.63, 3.8) is 0 Å². The molecule has 0 amide bonds. The molecular weight excluding hydrogens is 192 g/mol. The summed E-state index contributed by atoms with van der Waals surface area (Å²) in [7, 11) is 0. The van der Waals surface area contributed by atoms with E-state index in [1.54, 1.807) is 0 Å². The van der Waals surface area contributed by atoms with Crippen LogP contribution in [0.5, 0.6) is 0 Å². The third-order valence-corrected chi connectivity index (χ3v) is 4.63. The fraction of sp³-hybridized carbons (Fsp3) is 1.00. The van der Waals surface area contributed by atoms with Crippen LogP contribution in [0.3, 0.4) is 0 Å². The molecule has 2 fully saturated rings. The topological polar surface area (TPSA) is 24.1 Å². The Kier molecular flexibility index (Phi) is 3.40. The van der Waals surface area contributed by atoms with E-state index in [9.17, 15) is 0 Å². The van der Waals surface area contributed by atoms with Gasteiger partial charge in [0.1, 0.15) is 0 Å². The fourth-order valence-electron chi connectivity index (χ4n) is 2.11. The molecule has 2 unspecified atom stereocenters. The molecule has 0 aromatic carbocycles. The summed E-state index contributed by atoms with van der Waals surface area (Å²) < 4.78 is 0. The summed E-state index contributed by atoms with van der Waals surface area (Å²) in [4.78, 5) is 0. The van der Waals surface area contributed by atoms with Crippen LogP contribution in [0.1, 0.15) is 20.3 Å². The highest BCUT2D eigenvalue weighted by atomic mass is 32.2. The molecule has 1 aliphatic carbocycles. The minimum absolute atomic E-state index is 0.627. The number of hydrogen-bond donors (Lipinski definition) is 2. The van der Waals surface area contributed by atoms with Gasteiger partial charge in [0.15, 0.2) is 0 Å². The second-order valence-electron chi connectivity index (χ2n) is 5.27. The van der Waals surface area contributed by atoms with Gasteiger partial charge < -0.3 is 10.6 Å². The first-order valence-corrected chi connectivity index (χ1v) is 6.86. The van der Waals surface area contributed by atoms with E-state index in [-0.39, 0.29) is 0 Å². The van der Waals surface area contributed by atoms with E-state index >= 15 is 0 Å². The minimum Gasteiger partial charge on any atom is -0.315 e. The van der Waals surface area contributed by atoms with Crippen LogP contribution >= 0.6 is 11.8 Å². The van der Waals surface area contributed by atoms with Gasteiger partial charge in [-0.15, -0.1) is 0 Å². The molecule has 2 N–H and O–H groups in total. The Hall–Kier alpha value is 0.270.